The fourth-order valence-corrected chi connectivity index (χ4v) is 6.53. The first-order valence-corrected chi connectivity index (χ1v) is 17.9. The maximum Gasteiger partial charge on any atom is 0.196 e. The SMILES string of the molecule is CCCCCCCc1ccc(C=Cc2ccc3c(c2N)C(=O)c2ccc(C=Cc4ccc(CCCCCCC)cc4)c(N)c2C3=O)cc1. The highest BCUT2D eigenvalue weighted by Crippen LogP contribution is 2.37. The Morgan fingerprint density at radius 1 is 0.458 bits per heavy atom. The van der Waals surface area contributed by atoms with Crippen molar-refractivity contribution in [1.82, 2.24) is 0 Å². The molecule has 0 spiro atoms. The van der Waals surface area contributed by atoms with Gasteiger partial charge >= 0.3 is 0 Å². The Hall–Kier alpha value is -4.70. The van der Waals surface area contributed by atoms with E-state index < -0.39 is 0 Å². The summed E-state index contributed by atoms with van der Waals surface area (Å²) in [6.45, 7) is 4.48. The molecular formula is C44H50N2O2. The van der Waals surface area contributed by atoms with Crippen LogP contribution in [0.2, 0.25) is 0 Å². The molecule has 4 N–H and O–H groups in total. The molecule has 4 aromatic carbocycles. The van der Waals surface area contributed by atoms with E-state index in [4.69, 9.17) is 11.5 Å². The normalized spacial score (nSPS) is 12.6. The number of fused-ring (bicyclic) bond motifs is 2. The molecule has 0 bridgehead atoms. The second-order valence-corrected chi connectivity index (χ2v) is 13.1. The van der Waals surface area contributed by atoms with Gasteiger partial charge in [0.1, 0.15) is 0 Å². The molecule has 1 aliphatic rings. The van der Waals surface area contributed by atoms with Crippen molar-refractivity contribution >= 4 is 47.2 Å². The van der Waals surface area contributed by atoms with Crippen molar-refractivity contribution in [1.29, 1.82) is 0 Å². The van der Waals surface area contributed by atoms with Gasteiger partial charge in [0.05, 0.1) is 22.5 Å². The van der Waals surface area contributed by atoms with Gasteiger partial charge in [0.25, 0.3) is 0 Å². The number of anilines is 2. The van der Waals surface area contributed by atoms with Crippen molar-refractivity contribution in [3.05, 3.63) is 128 Å². The van der Waals surface area contributed by atoms with Crippen LogP contribution < -0.4 is 11.5 Å². The Morgan fingerprint density at radius 2 is 0.833 bits per heavy atom. The third-order valence-corrected chi connectivity index (χ3v) is 9.51. The van der Waals surface area contributed by atoms with Gasteiger partial charge in [0.2, 0.25) is 0 Å². The zero-order valence-corrected chi connectivity index (χ0v) is 28.7. The third-order valence-electron chi connectivity index (χ3n) is 9.51. The fraction of sp³-hybridized carbons (Fsp3) is 0.318. The van der Waals surface area contributed by atoms with Crippen LogP contribution in [-0.4, -0.2) is 11.6 Å². The van der Waals surface area contributed by atoms with Crippen molar-refractivity contribution in [2.75, 3.05) is 11.5 Å². The van der Waals surface area contributed by atoms with Crippen LogP contribution in [0.25, 0.3) is 24.3 Å². The topological polar surface area (TPSA) is 86.2 Å². The fourth-order valence-electron chi connectivity index (χ4n) is 6.53. The predicted molar refractivity (Wildman–Crippen MR) is 204 cm³/mol. The summed E-state index contributed by atoms with van der Waals surface area (Å²) in [5.41, 5.74) is 21.0. The lowest BCUT2D eigenvalue weighted by Crippen LogP contribution is -2.24. The van der Waals surface area contributed by atoms with Crippen molar-refractivity contribution < 1.29 is 9.59 Å². The van der Waals surface area contributed by atoms with E-state index in [0.29, 0.717) is 33.6 Å². The summed E-state index contributed by atoms with van der Waals surface area (Å²) >= 11 is 0. The zero-order chi connectivity index (χ0) is 33.9. The maximum atomic E-state index is 13.8. The Labute approximate surface area is 287 Å². The minimum absolute atomic E-state index is 0.251. The second kappa shape index (κ2) is 16.9. The van der Waals surface area contributed by atoms with E-state index in [1.54, 1.807) is 24.3 Å². The molecule has 4 aromatic rings. The number of benzene rings is 4. The molecule has 248 valence electrons. The van der Waals surface area contributed by atoms with Gasteiger partial charge in [0, 0.05) is 11.1 Å². The van der Waals surface area contributed by atoms with E-state index in [-0.39, 0.29) is 22.7 Å². The summed E-state index contributed by atoms with van der Waals surface area (Å²) in [6.07, 6.45) is 22.7. The van der Waals surface area contributed by atoms with Gasteiger partial charge in [-0.15, -0.1) is 0 Å². The summed E-state index contributed by atoms with van der Waals surface area (Å²) in [5.74, 6) is -0.550. The van der Waals surface area contributed by atoms with Crippen LogP contribution >= 0.6 is 0 Å². The molecule has 0 saturated heterocycles. The molecule has 48 heavy (non-hydrogen) atoms. The van der Waals surface area contributed by atoms with Crippen molar-refractivity contribution in [3.63, 3.8) is 0 Å². The molecule has 0 amide bonds. The molecule has 0 saturated carbocycles. The molecular weight excluding hydrogens is 588 g/mol. The number of nitrogens with two attached hydrogens (primary N) is 2. The van der Waals surface area contributed by atoms with Crippen LogP contribution in [0.15, 0.2) is 72.8 Å². The number of aryl methyl sites for hydroxylation is 2. The smallest absolute Gasteiger partial charge is 0.196 e. The lowest BCUT2D eigenvalue weighted by molar-refractivity contribution is 0.0980. The van der Waals surface area contributed by atoms with E-state index in [1.807, 2.05) is 24.3 Å². The molecule has 5 rings (SSSR count). The van der Waals surface area contributed by atoms with E-state index in [1.165, 1.54) is 75.3 Å². The van der Waals surface area contributed by atoms with E-state index in [9.17, 15) is 9.59 Å². The lowest BCUT2D eigenvalue weighted by atomic mass is 9.80. The molecule has 0 unspecified atom stereocenters. The van der Waals surface area contributed by atoms with Crippen LogP contribution in [0.4, 0.5) is 11.4 Å². The van der Waals surface area contributed by atoms with Crippen LogP contribution in [-0.2, 0) is 12.8 Å². The van der Waals surface area contributed by atoms with Crippen LogP contribution in [0.5, 0.6) is 0 Å². The number of carbonyl (C=O) groups is 2. The van der Waals surface area contributed by atoms with Gasteiger partial charge in [-0.05, 0) is 71.2 Å². The highest BCUT2D eigenvalue weighted by atomic mass is 16.1. The number of ketones is 2. The first-order valence-electron chi connectivity index (χ1n) is 17.9. The Kier molecular flexibility index (Phi) is 12.2. The Morgan fingerprint density at radius 3 is 1.21 bits per heavy atom. The molecule has 0 aromatic heterocycles. The molecule has 1 aliphatic carbocycles. The van der Waals surface area contributed by atoms with E-state index in [2.05, 4.69) is 62.4 Å². The quantitative estimate of drug-likeness (QED) is 0.0639. The molecule has 0 radical (unpaired) electrons. The summed E-state index contributed by atoms with van der Waals surface area (Å²) < 4.78 is 0. The van der Waals surface area contributed by atoms with Crippen molar-refractivity contribution in [3.8, 4) is 0 Å². The van der Waals surface area contributed by atoms with E-state index >= 15 is 0 Å². The highest BCUT2D eigenvalue weighted by molar-refractivity contribution is 6.32. The number of rotatable bonds is 16. The van der Waals surface area contributed by atoms with Gasteiger partial charge in [-0.2, -0.15) is 0 Å². The zero-order valence-electron chi connectivity index (χ0n) is 28.7. The highest BCUT2D eigenvalue weighted by Gasteiger charge is 2.34. The van der Waals surface area contributed by atoms with Crippen LogP contribution in [0, 0.1) is 0 Å². The van der Waals surface area contributed by atoms with Gasteiger partial charge in [-0.25, -0.2) is 0 Å². The van der Waals surface area contributed by atoms with Gasteiger partial charge in [-0.3, -0.25) is 9.59 Å². The van der Waals surface area contributed by atoms with Crippen molar-refractivity contribution in [2.45, 2.75) is 90.9 Å². The van der Waals surface area contributed by atoms with Gasteiger partial charge < -0.3 is 11.5 Å². The molecule has 0 fully saturated rings. The molecule has 4 heteroatoms. The second-order valence-electron chi connectivity index (χ2n) is 13.1. The van der Waals surface area contributed by atoms with Crippen LogP contribution in [0.3, 0.4) is 0 Å². The first-order chi connectivity index (χ1) is 23.4. The summed E-state index contributed by atoms with van der Waals surface area (Å²) in [5, 5.41) is 0. The predicted octanol–water partition coefficient (Wildman–Crippen LogP) is 11.0. The molecule has 0 atom stereocenters. The third kappa shape index (κ3) is 8.41. The maximum absolute atomic E-state index is 13.8. The van der Waals surface area contributed by atoms with E-state index in [0.717, 1.165) is 24.0 Å². The standard InChI is InChI=1S/C44H50N2O2/c1-3-5-7-9-11-13-31-15-19-33(20-16-31)23-25-35-27-29-37-39(41(35)45)43(47)38-30-28-36(42(46)40(38)44(37)48)26-24-34-21-17-32(18-22-34)14-12-10-8-6-4-2/h15-30H,3-14,45-46H2,1-2H3. The lowest BCUT2D eigenvalue weighted by Gasteiger charge is -2.22. The summed E-state index contributed by atoms with van der Waals surface area (Å²) in [4.78, 5) is 27.5. The monoisotopic (exact) mass is 638 g/mol. The van der Waals surface area contributed by atoms with Gasteiger partial charge in [0.15, 0.2) is 11.6 Å². The number of nitrogen functional groups attached to an aromatic ring is 2. The van der Waals surface area contributed by atoms with Crippen molar-refractivity contribution in [2.24, 2.45) is 0 Å². The number of unbranched alkanes of at least 4 members (excludes halogenated alkanes) is 8. The Balaban J connectivity index is 1.27. The first kappa shape index (κ1) is 34.6. The largest absolute Gasteiger partial charge is 0.398 e. The number of hydrogen-bond donors (Lipinski definition) is 2. The number of hydrogen-bond acceptors (Lipinski definition) is 4. The van der Waals surface area contributed by atoms with Crippen LogP contribution in [0.1, 0.15) is 143 Å². The summed E-state index contributed by atoms with van der Waals surface area (Å²) in [7, 11) is 0. The minimum Gasteiger partial charge on any atom is -0.398 e. The average Bonchev–Trinajstić information content (AvgIpc) is 3.10. The molecule has 0 heterocycles. The number of carbonyl (C=O) groups excluding carboxylic acids is 2. The minimum atomic E-state index is -0.275. The average molecular weight is 639 g/mol. The molecule has 4 nitrogen and oxygen atoms in total. The molecule has 0 aliphatic heterocycles. The van der Waals surface area contributed by atoms with Gasteiger partial charge in [-0.1, -0.05) is 150 Å². The summed E-state index contributed by atoms with van der Waals surface area (Å²) in [6, 6.07) is 24.1. The Bertz CT molecular complexity index is 1650.